The van der Waals surface area contributed by atoms with Crippen LogP contribution in [0.25, 0.3) is 5.69 Å². The lowest BCUT2D eigenvalue weighted by Crippen LogP contribution is -2.30. The molecule has 0 saturated carbocycles. The summed E-state index contributed by atoms with van der Waals surface area (Å²) >= 11 is 0. The predicted molar refractivity (Wildman–Crippen MR) is 52.3 cm³/mol. The molecule has 1 aromatic heterocycles. The fraction of sp³-hybridized carbons (Fsp3) is 0.200. The second-order valence-electron chi connectivity index (χ2n) is 3.30. The zero-order valence-electron chi connectivity index (χ0n) is 8.19. The van der Waals surface area contributed by atoms with E-state index in [0.717, 1.165) is 11.3 Å². The van der Waals surface area contributed by atoms with Gasteiger partial charge in [-0.25, -0.2) is 4.79 Å². The molecule has 1 N–H and O–H groups in total. The molecule has 1 aromatic carbocycles. The topological polar surface area (TPSA) is 41.7 Å². The van der Waals surface area contributed by atoms with Crippen LogP contribution < -0.4 is 10.2 Å². The molecule has 0 aliphatic carbocycles. The number of rotatable bonds is 1. The van der Waals surface area contributed by atoms with Crippen molar-refractivity contribution in [3.63, 3.8) is 0 Å². The van der Waals surface area contributed by atoms with Gasteiger partial charge in [0.2, 0.25) is 6.20 Å². The number of aromatic nitrogens is 3. The fourth-order valence-corrected chi connectivity index (χ4v) is 1.45. The van der Waals surface area contributed by atoms with Crippen molar-refractivity contribution in [3.8, 4) is 5.69 Å². The minimum atomic E-state index is -0.0539. The Morgan fingerprint density at radius 2 is 2.07 bits per heavy atom. The van der Waals surface area contributed by atoms with Crippen molar-refractivity contribution in [1.82, 2.24) is 9.90 Å². The van der Waals surface area contributed by atoms with E-state index in [1.54, 1.807) is 11.7 Å². The van der Waals surface area contributed by atoms with E-state index in [1.165, 1.54) is 10.9 Å². The molecule has 0 spiro atoms. The molecule has 0 aliphatic heterocycles. The van der Waals surface area contributed by atoms with Crippen molar-refractivity contribution in [2.75, 3.05) is 0 Å². The smallest absolute Gasteiger partial charge is 0.235 e. The van der Waals surface area contributed by atoms with Gasteiger partial charge in [-0.2, -0.15) is 4.68 Å². The standard InChI is InChI=1S/C10H11N3O/c1-8-5-3-4-6-9(8)13-10(14)7-12(2)11-13/h3-7H,1-2H3/p+1. The molecule has 0 bridgehead atoms. The van der Waals surface area contributed by atoms with Gasteiger partial charge in [0.25, 0.3) is 0 Å². The summed E-state index contributed by atoms with van der Waals surface area (Å²) in [7, 11) is 1.79. The maximum atomic E-state index is 11.5. The van der Waals surface area contributed by atoms with Crippen LogP contribution in [0.5, 0.6) is 0 Å². The highest BCUT2D eigenvalue weighted by Gasteiger charge is 2.11. The van der Waals surface area contributed by atoms with E-state index in [0.29, 0.717) is 0 Å². The van der Waals surface area contributed by atoms with Gasteiger partial charge in [-0.3, -0.25) is 0 Å². The molecule has 0 unspecified atom stereocenters. The summed E-state index contributed by atoms with van der Waals surface area (Å²) in [5.74, 6) is 0. The van der Waals surface area contributed by atoms with Crippen LogP contribution >= 0.6 is 0 Å². The number of nitrogens with one attached hydrogen (secondary N) is 1. The van der Waals surface area contributed by atoms with Crippen LogP contribution in [0.15, 0.2) is 35.3 Å². The number of aromatic amines is 1. The molecule has 2 rings (SSSR count). The van der Waals surface area contributed by atoms with E-state index in [4.69, 9.17) is 0 Å². The zero-order valence-corrected chi connectivity index (χ0v) is 8.19. The summed E-state index contributed by atoms with van der Waals surface area (Å²) in [5, 5.41) is 2.92. The Labute approximate surface area is 81.4 Å². The third kappa shape index (κ3) is 1.35. The van der Waals surface area contributed by atoms with E-state index in [2.05, 4.69) is 5.21 Å². The van der Waals surface area contributed by atoms with Crippen molar-refractivity contribution >= 4 is 0 Å². The van der Waals surface area contributed by atoms with Gasteiger partial charge in [-0.15, -0.1) is 0 Å². The summed E-state index contributed by atoms with van der Waals surface area (Å²) in [6.07, 6.45) is 1.51. The van der Waals surface area contributed by atoms with Crippen molar-refractivity contribution in [1.29, 1.82) is 0 Å². The summed E-state index contributed by atoms with van der Waals surface area (Å²) in [4.78, 5) is 11.5. The van der Waals surface area contributed by atoms with Crippen LogP contribution in [-0.2, 0) is 7.05 Å². The number of hydrogen-bond acceptors (Lipinski definition) is 1. The lowest BCUT2D eigenvalue weighted by molar-refractivity contribution is -0.731. The highest BCUT2D eigenvalue weighted by Crippen LogP contribution is 2.08. The molecule has 1 heterocycles. The molecular weight excluding hydrogens is 178 g/mol. The Morgan fingerprint density at radius 3 is 2.64 bits per heavy atom. The third-order valence-corrected chi connectivity index (χ3v) is 2.14. The van der Waals surface area contributed by atoms with Crippen molar-refractivity contribution in [2.45, 2.75) is 6.92 Å². The Bertz CT molecular complexity index is 510. The third-order valence-electron chi connectivity index (χ3n) is 2.14. The lowest BCUT2D eigenvalue weighted by atomic mass is 10.2. The molecular formula is C10H12N3O+. The molecule has 72 valence electrons. The monoisotopic (exact) mass is 190 g/mol. The molecule has 0 atom stereocenters. The Morgan fingerprint density at radius 1 is 1.36 bits per heavy atom. The first-order chi connectivity index (χ1) is 6.68. The average molecular weight is 190 g/mol. The molecule has 2 aromatic rings. The highest BCUT2D eigenvalue weighted by atomic mass is 16.1. The van der Waals surface area contributed by atoms with Gasteiger partial charge in [-0.1, -0.05) is 28.1 Å². The van der Waals surface area contributed by atoms with Crippen molar-refractivity contribution in [2.24, 2.45) is 7.05 Å². The van der Waals surface area contributed by atoms with Crippen molar-refractivity contribution in [3.05, 3.63) is 46.4 Å². The zero-order chi connectivity index (χ0) is 10.1. The quantitative estimate of drug-likeness (QED) is 0.645. The summed E-state index contributed by atoms with van der Waals surface area (Å²) in [5.41, 5.74) is 1.90. The minimum absolute atomic E-state index is 0.0539. The van der Waals surface area contributed by atoms with Crippen LogP contribution in [0, 0.1) is 6.92 Å². The number of nitrogens with zero attached hydrogens (tertiary/aromatic N) is 2. The van der Waals surface area contributed by atoms with Crippen LogP contribution in [0.3, 0.4) is 0 Å². The molecule has 4 heteroatoms. The first kappa shape index (κ1) is 8.74. The van der Waals surface area contributed by atoms with Gasteiger partial charge in [0.15, 0.2) is 5.69 Å². The Hall–Kier alpha value is -1.84. The number of aryl methyl sites for hydroxylation is 2. The van der Waals surface area contributed by atoms with Crippen LogP contribution in [-0.4, -0.2) is 9.90 Å². The summed E-state index contributed by atoms with van der Waals surface area (Å²) in [6.45, 7) is 1.97. The number of H-pyrrole nitrogens is 1. The van der Waals surface area contributed by atoms with Crippen molar-refractivity contribution < 1.29 is 4.68 Å². The number of hydrogen-bond donors (Lipinski definition) is 1. The second kappa shape index (κ2) is 3.14. The van der Waals surface area contributed by atoms with Crippen LogP contribution in [0.2, 0.25) is 0 Å². The molecule has 0 radical (unpaired) electrons. The van der Waals surface area contributed by atoms with Gasteiger partial charge in [0.1, 0.15) is 7.05 Å². The van der Waals surface area contributed by atoms with Gasteiger partial charge in [0.05, 0.1) is 0 Å². The van der Waals surface area contributed by atoms with Gasteiger partial charge in [-0.05, 0) is 18.6 Å². The van der Waals surface area contributed by atoms with Gasteiger partial charge in [0, 0.05) is 0 Å². The number of para-hydroxylation sites is 1. The summed E-state index contributed by atoms with van der Waals surface area (Å²) in [6, 6.07) is 7.75. The molecule has 0 aliphatic rings. The lowest BCUT2D eigenvalue weighted by Gasteiger charge is -1.97. The van der Waals surface area contributed by atoms with E-state index in [9.17, 15) is 4.79 Å². The summed E-state index contributed by atoms with van der Waals surface area (Å²) < 4.78 is 3.16. The Balaban J connectivity index is 2.66. The molecule has 0 fully saturated rings. The normalized spacial score (nSPS) is 10.4. The second-order valence-corrected chi connectivity index (χ2v) is 3.30. The number of benzene rings is 1. The largest absolute Gasteiger partial charge is 0.398 e. The SMILES string of the molecule is Cc1ccccc1-n1[nH][n+](C)cc1=O. The first-order valence-corrected chi connectivity index (χ1v) is 4.42. The van der Waals surface area contributed by atoms with Crippen LogP contribution in [0.4, 0.5) is 0 Å². The Kier molecular flexibility index (Phi) is 1.96. The van der Waals surface area contributed by atoms with E-state index >= 15 is 0 Å². The minimum Gasteiger partial charge on any atom is -0.235 e. The van der Waals surface area contributed by atoms with E-state index in [1.807, 2.05) is 31.2 Å². The average Bonchev–Trinajstić information content (AvgIpc) is 2.46. The molecule has 0 saturated heterocycles. The maximum Gasteiger partial charge on any atom is 0.398 e. The highest BCUT2D eigenvalue weighted by molar-refractivity contribution is 5.38. The molecule has 14 heavy (non-hydrogen) atoms. The van der Waals surface area contributed by atoms with E-state index < -0.39 is 0 Å². The first-order valence-electron chi connectivity index (χ1n) is 4.42. The van der Waals surface area contributed by atoms with Crippen LogP contribution in [0.1, 0.15) is 5.56 Å². The predicted octanol–water partition coefficient (Wildman–Crippen LogP) is 0.299. The van der Waals surface area contributed by atoms with Gasteiger partial charge < -0.3 is 0 Å². The van der Waals surface area contributed by atoms with Gasteiger partial charge >= 0.3 is 5.56 Å². The van der Waals surface area contributed by atoms with E-state index in [-0.39, 0.29) is 5.56 Å². The maximum absolute atomic E-state index is 11.5. The molecule has 4 nitrogen and oxygen atoms in total. The fourth-order valence-electron chi connectivity index (χ4n) is 1.45. The molecule has 0 amide bonds.